The molecule has 2 saturated heterocycles. The third-order valence-electron chi connectivity index (χ3n) is 7.75. The number of hydrogen-bond acceptors (Lipinski definition) is 5. The van der Waals surface area contributed by atoms with E-state index in [0.717, 1.165) is 43.4 Å². The van der Waals surface area contributed by atoms with E-state index >= 15 is 0 Å². The zero-order valence-electron chi connectivity index (χ0n) is 20.8. The lowest BCUT2D eigenvalue weighted by Gasteiger charge is -2.37. The van der Waals surface area contributed by atoms with Crippen molar-refractivity contribution < 1.29 is 24.2 Å². The fourth-order valence-electron chi connectivity index (χ4n) is 6.26. The lowest BCUT2D eigenvalue weighted by Crippen LogP contribution is -2.58. The molecule has 2 amide bonds. The Labute approximate surface area is 202 Å². The molecule has 4 atom stereocenters. The van der Waals surface area contributed by atoms with Crippen molar-refractivity contribution in [2.75, 3.05) is 6.61 Å². The third-order valence-corrected chi connectivity index (χ3v) is 7.75. The smallest absolute Gasteiger partial charge is 0.324 e. The number of carboxylic acids is 1. The number of carbonyl (C=O) groups excluding carboxylic acids is 2. The fraction of sp³-hybridized carbons (Fsp3) is 0.667. The Morgan fingerprint density at radius 2 is 1.76 bits per heavy atom. The number of nitrogens with zero attached hydrogens (tertiary/aromatic N) is 1. The number of carboxylic acid groups (broad SMARTS) is 1. The summed E-state index contributed by atoms with van der Waals surface area (Å²) in [6.45, 7) is 8.14. The number of fused-ring (bicyclic) bond motifs is 1. The average Bonchev–Trinajstić information content (AvgIpc) is 3.27. The molecule has 186 valence electrons. The minimum Gasteiger partial charge on any atom is -0.494 e. The largest absolute Gasteiger partial charge is 0.494 e. The van der Waals surface area contributed by atoms with Crippen LogP contribution in [0.25, 0.3) is 0 Å². The van der Waals surface area contributed by atoms with Crippen molar-refractivity contribution in [1.29, 1.82) is 0 Å². The second-order valence-corrected chi connectivity index (χ2v) is 11.2. The summed E-state index contributed by atoms with van der Waals surface area (Å²) in [5, 5.41) is 13.9. The summed E-state index contributed by atoms with van der Waals surface area (Å²) in [7, 11) is 0. The van der Waals surface area contributed by atoms with Crippen LogP contribution in [0.5, 0.6) is 5.75 Å². The molecule has 7 nitrogen and oxygen atoms in total. The minimum absolute atomic E-state index is 0.230. The first kappa shape index (κ1) is 24.7. The Balaban J connectivity index is 1.75. The fourth-order valence-corrected chi connectivity index (χ4v) is 6.26. The van der Waals surface area contributed by atoms with E-state index in [0.29, 0.717) is 13.0 Å². The Kier molecular flexibility index (Phi) is 6.78. The van der Waals surface area contributed by atoms with Gasteiger partial charge in [0.2, 0.25) is 11.8 Å². The van der Waals surface area contributed by atoms with E-state index < -0.39 is 34.9 Å². The van der Waals surface area contributed by atoms with Crippen LogP contribution in [0.4, 0.5) is 0 Å². The molecule has 1 saturated carbocycles. The highest BCUT2D eigenvalue weighted by molar-refractivity contribution is 6.10. The van der Waals surface area contributed by atoms with Crippen LogP contribution >= 0.6 is 0 Å². The summed E-state index contributed by atoms with van der Waals surface area (Å²) < 4.78 is 5.70. The van der Waals surface area contributed by atoms with Crippen LogP contribution in [-0.4, -0.2) is 45.5 Å². The Hall–Kier alpha value is -2.41. The molecule has 1 aromatic carbocycles. The van der Waals surface area contributed by atoms with E-state index in [4.69, 9.17) is 4.74 Å². The molecule has 3 aliphatic rings. The first-order valence-corrected chi connectivity index (χ1v) is 12.7. The standard InChI is InChI=1S/C27H38N2O5/c1-5-15-34-19-13-11-18(12-14-19)22-20-21(24(31)29(23(20)30)26(2,3)4)27(28-22,25(32)33)16-17-9-7-6-8-10-17/h11-14,17,20-22,28H,5-10,15-16H2,1-4H3,(H,32,33). The predicted molar refractivity (Wildman–Crippen MR) is 128 cm³/mol. The van der Waals surface area contributed by atoms with Gasteiger partial charge in [0.05, 0.1) is 18.4 Å². The van der Waals surface area contributed by atoms with Crippen LogP contribution in [-0.2, 0) is 14.4 Å². The van der Waals surface area contributed by atoms with Gasteiger partial charge in [-0.3, -0.25) is 24.6 Å². The lowest BCUT2D eigenvalue weighted by atomic mass is 9.72. The molecule has 0 bridgehead atoms. The topological polar surface area (TPSA) is 95.9 Å². The third kappa shape index (κ3) is 4.23. The number of aliphatic carboxylic acids is 1. The van der Waals surface area contributed by atoms with Crippen molar-refractivity contribution in [3.63, 3.8) is 0 Å². The SMILES string of the molecule is CCCOc1ccc(C2NC(CC3CCCCC3)(C(=O)O)C3C(=O)N(C(C)(C)C)C(=O)C23)cc1. The van der Waals surface area contributed by atoms with Gasteiger partial charge in [0.15, 0.2) is 0 Å². The maximum Gasteiger partial charge on any atom is 0.324 e. The molecule has 2 aliphatic heterocycles. The number of benzene rings is 1. The van der Waals surface area contributed by atoms with Gasteiger partial charge in [0.1, 0.15) is 11.3 Å². The van der Waals surface area contributed by atoms with Crippen LogP contribution in [0.15, 0.2) is 24.3 Å². The zero-order valence-corrected chi connectivity index (χ0v) is 20.8. The monoisotopic (exact) mass is 470 g/mol. The summed E-state index contributed by atoms with van der Waals surface area (Å²) in [6.07, 6.45) is 6.53. The number of likely N-dealkylation sites (tertiary alicyclic amines) is 1. The van der Waals surface area contributed by atoms with Gasteiger partial charge in [-0.2, -0.15) is 0 Å². The number of amides is 2. The molecule has 0 radical (unpaired) electrons. The second kappa shape index (κ2) is 9.33. The van der Waals surface area contributed by atoms with Crippen molar-refractivity contribution in [3.05, 3.63) is 29.8 Å². The Morgan fingerprint density at radius 1 is 1.12 bits per heavy atom. The van der Waals surface area contributed by atoms with E-state index in [2.05, 4.69) is 5.32 Å². The van der Waals surface area contributed by atoms with Gasteiger partial charge < -0.3 is 9.84 Å². The first-order valence-electron chi connectivity index (χ1n) is 12.7. The van der Waals surface area contributed by atoms with E-state index in [1.807, 2.05) is 52.0 Å². The van der Waals surface area contributed by atoms with E-state index in [9.17, 15) is 19.5 Å². The average molecular weight is 471 g/mol. The van der Waals surface area contributed by atoms with Gasteiger partial charge in [0.25, 0.3) is 0 Å². The number of hydrogen-bond donors (Lipinski definition) is 2. The number of carbonyl (C=O) groups is 3. The Morgan fingerprint density at radius 3 is 2.32 bits per heavy atom. The summed E-state index contributed by atoms with van der Waals surface area (Å²) in [5.41, 5.74) is -1.36. The molecule has 2 heterocycles. The van der Waals surface area contributed by atoms with Gasteiger partial charge in [-0.25, -0.2) is 0 Å². The summed E-state index contributed by atoms with van der Waals surface area (Å²) in [6, 6.07) is 6.93. The number of imide groups is 1. The molecule has 7 heteroatoms. The highest BCUT2D eigenvalue weighted by Gasteiger charge is 2.69. The van der Waals surface area contributed by atoms with Crippen molar-refractivity contribution in [1.82, 2.24) is 10.2 Å². The van der Waals surface area contributed by atoms with Crippen molar-refractivity contribution in [3.8, 4) is 5.75 Å². The van der Waals surface area contributed by atoms with E-state index in [-0.39, 0.29) is 17.7 Å². The van der Waals surface area contributed by atoms with Gasteiger partial charge in [0, 0.05) is 11.6 Å². The van der Waals surface area contributed by atoms with Gasteiger partial charge in [-0.05, 0) is 57.2 Å². The molecule has 4 unspecified atom stereocenters. The molecule has 1 aliphatic carbocycles. The van der Waals surface area contributed by atoms with Gasteiger partial charge in [-0.1, -0.05) is 51.2 Å². The highest BCUT2D eigenvalue weighted by atomic mass is 16.5. The summed E-state index contributed by atoms with van der Waals surface area (Å²) >= 11 is 0. The molecule has 4 rings (SSSR count). The maximum atomic E-state index is 13.7. The Bertz CT molecular complexity index is 931. The lowest BCUT2D eigenvalue weighted by molar-refractivity contribution is -0.154. The van der Waals surface area contributed by atoms with Crippen molar-refractivity contribution in [2.24, 2.45) is 17.8 Å². The minimum atomic E-state index is -1.46. The molecule has 2 N–H and O–H groups in total. The molecule has 3 fully saturated rings. The van der Waals surface area contributed by atoms with E-state index in [1.54, 1.807) is 0 Å². The quantitative estimate of drug-likeness (QED) is 0.577. The maximum absolute atomic E-state index is 13.7. The van der Waals surface area contributed by atoms with Crippen molar-refractivity contribution in [2.45, 2.75) is 89.8 Å². The van der Waals surface area contributed by atoms with E-state index in [1.165, 1.54) is 11.3 Å². The number of rotatable bonds is 7. The number of ether oxygens (including phenoxy) is 1. The van der Waals surface area contributed by atoms with Crippen LogP contribution in [0.1, 0.15) is 84.2 Å². The normalized spacial score (nSPS) is 30.0. The van der Waals surface area contributed by atoms with Crippen LogP contribution < -0.4 is 10.1 Å². The first-order chi connectivity index (χ1) is 16.1. The summed E-state index contributed by atoms with van der Waals surface area (Å²) in [5.74, 6) is -2.37. The molecular weight excluding hydrogens is 432 g/mol. The predicted octanol–water partition coefficient (Wildman–Crippen LogP) is 4.31. The zero-order chi connectivity index (χ0) is 24.7. The van der Waals surface area contributed by atoms with Gasteiger partial charge >= 0.3 is 5.97 Å². The van der Waals surface area contributed by atoms with Gasteiger partial charge in [-0.15, -0.1) is 0 Å². The molecular formula is C27H38N2O5. The number of nitrogens with one attached hydrogen (secondary N) is 1. The highest BCUT2D eigenvalue weighted by Crippen LogP contribution is 2.53. The second-order valence-electron chi connectivity index (χ2n) is 11.2. The summed E-state index contributed by atoms with van der Waals surface area (Å²) in [4.78, 5) is 41.7. The van der Waals surface area contributed by atoms with Crippen LogP contribution in [0, 0.1) is 17.8 Å². The van der Waals surface area contributed by atoms with Crippen LogP contribution in [0.2, 0.25) is 0 Å². The molecule has 1 aromatic rings. The molecule has 0 aromatic heterocycles. The molecule has 0 spiro atoms. The van der Waals surface area contributed by atoms with Crippen molar-refractivity contribution >= 4 is 17.8 Å². The molecule has 34 heavy (non-hydrogen) atoms. The van der Waals surface area contributed by atoms with Crippen LogP contribution in [0.3, 0.4) is 0 Å².